The molecule has 1 atom stereocenters. The second-order valence-corrected chi connectivity index (χ2v) is 4.47. The molecule has 0 saturated carbocycles. The molecule has 0 aliphatic rings. The highest BCUT2D eigenvalue weighted by atomic mass is 79.9. The van der Waals surface area contributed by atoms with E-state index in [2.05, 4.69) is 21.2 Å². The molecule has 0 bridgehead atoms. The Labute approximate surface area is 87.0 Å². The van der Waals surface area contributed by atoms with E-state index < -0.39 is 0 Å². The summed E-state index contributed by atoms with van der Waals surface area (Å²) in [6.07, 6.45) is 3.63. The quantitative estimate of drug-likeness (QED) is 0.735. The van der Waals surface area contributed by atoms with Crippen LogP contribution in [0, 0.1) is 0 Å². The van der Waals surface area contributed by atoms with E-state index in [1.54, 1.807) is 11.8 Å². The topological polar surface area (TPSA) is 29.1 Å². The molecule has 0 aromatic heterocycles. The number of amides is 1. The molecule has 0 saturated heterocycles. The number of rotatable bonds is 6. The van der Waals surface area contributed by atoms with Crippen molar-refractivity contribution in [2.24, 2.45) is 0 Å². The summed E-state index contributed by atoms with van der Waals surface area (Å²) < 4.78 is 0. The fraction of sp³-hybridized carbons (Fsp3) is 0.875. The lowest BCUT2D eigenvalue weighted by Crippen LogP contribution is -2.32. The molecule has 1 unspecified atom stereocenters. The van der Waals surface area contributed by atoms with Gasteiger partial charge in [0.25, 0.3) is 0 Å². The smallest absolute Gasteiger partial charge is 0.221 e. The van der Waals surface area contributed by atoms with Crippen molar-refractivity contribution in [2.75, 3.05) is 17.3 Å². The van der Waals surface area contributed by atoms with Crippen molar-refractivity contribution < 1.29 is 4.79 Å². The van der Waals surface area contributed by atoms with Crippen LogP contribution >= 0.6 is 27.7 Å². The Morgan fingerprint density at radius 2 is 2.33 bits per heavy atom. The number of carbonyl (C=O) groups excluding carboxylic acids is 1. The molecule has 0 heterocycles. The van der Waals surface area contributed by atoms with Gasteiger partial charge in [0.2, 0.25) is 5.91 Å². The largest absolute Gasteiger partial charge is 0.354 e. The minimum absolute atomic E-state index is 0.165. The minimum Gasteiger partial charge on any atom is -0.354 e. The molecular formula is C8H16BrNOS. The summed E-state index contributed by atoms with van der Waals surface area (Å²) in [5, 5.41) is 3.87. The molecule has 4 heteroatoms. The predicted molar refractivity (Wildman–Crippen MR) is 59.0 cm³/mol. The van der Waals surface area contributed by atoms with Gasteiger partial charge >= 0.3 is 0 Å². The second kappa shape index (κ2) is 7.92. The predicted octanol–water partition coefficient (Wildman–Crippen LogP) is 2.03. The van der Waals surface area contributed by atoms with E-state index in [1.807, 2.05) is 13.2 Å². The van der Waals surface area contributed by atoms with Crippen LogP contribution < -0.4 is 5.32 Å². The van der Waals surface area contributed by atoms with Crippen molar-refractivity contribution >= 4 is 33.6 Å². The summed E-state index contributed by atoms with van der Waals surface area (Å²) in [7, 11) is 0. The van der Waals surface area contributed by atoms with Gasteiger partial charge in [-0.2, -0.15) is 11.8 Å². The molecule has 0 aromatic rings. The first kappa shape index (κ1) is 12.3. The number of thioether (sulfide) groups is 1. The SMILES string of the molecule is CSCCC(=O)NC(C)CCBr. The molecule has 0 aliphatic heterocycles. The Bertz CT molecular complexity index is 132. The van der Waals surface area contributed by atoms with Gasteiger partial charge in [-0.15, -0.1) is 0 Å². The highest BCUT2D eigenvalue weighted by Gasteiger charge is 2.05. The lowest BCUT2D eigenvalue weighted by molar-refractivity contribution is -0.121. The van der Waals surface area contributed by atoms with E-state index in [9.17, 15) is 4.79 Å². The molecule has 1 N–H and O–H groups in total. The molecule has 2 nitrogen and oxygen atoms in total. The monoisotopic (exact) mass is 253 g/mol. The summed E-state index contributed by atoms with van der Waals surface area (Å²) in [6.45, 7) is 2.03. The fourth-order valence-corrected chi connectivity index (χ4v) is 1.85. The van der Waals surface area contributed by atoms with Crippen LogP contribution in [0.25, 0.3) is 0 Å². The number of alkyl halides is 1. The first-order chi connectivity index (χ1) is 5.70. The maximum absolute atomic E-state index is 11.1. The average molecular weight is 254 g/mol. The Morgan fingerprint density at radius 1 is 1.67 bits per heavy atom. The van der Waals surface area contributed by atoms with E-state index in [4.69, 9.17) is 0 Å². The maximum Gasteiger partial charge on any atom is 0.221 e. The molecule has 12 heavy (non-hydrogen) atoms. The molecule has 72 valence electrons. The van der Waals surface area contributed by atoms with E-state index in [-0.39, 0.29) is 5.91 Å². The Hall–Kier alpha value is 0.300. The number of halogens is 1. The molecule has 0 rings (SSSR count). The zero-order chi connectivity index (χ0) is 9.40. The van der Waals surface area contributed by atoms with E-state index in [0.29, 0.717) is 12.5 Å². The van der Waals surface area contributed by atoms with Crippen LogP contribution in [0.2, 0.25) is 0 Å². The average Bonchev–Trinajstić information content (AvgIpc) is 2.01. The van der Waals surface area contributed by atoms with Gasteiger partial charge in [-0.05, 0) is 19.6 Å². The van der Waals surface area contributed by atoms with Gasteiger partial charge in [-0.1, -0.05) is 15.9 Å². The minimum atomic E-state index is 0.165. The van der Waals surface area contributed by atoms with Gasteiger partial charge < -0.3 is 5.32 Å². The van der Waals surface area contributed by atoms with E-state index in [0.717, 1.165) is 17.5 Å². The van der Waals surface area contributed by atoms with E-state index >= 15 is 0 Å². The van der Waals surface area contributed by atoms with Crippen LogP contribution in [0.3, 0.4) is 0 Å². The fourth-order valence-electron chi connectivity index (χ4n) is 0.778. The van der Waals surface area contributed by atoms with Crippen molar-refractivity contribution in [3.63, 3.8) is 0 Å². The lowest BCUT2D eigenvalue weighted by Gasteiger charge is -2.11. The summed E-state index contributed by atoms with van der Waals surface area (Å²) >= 11 is 5.04. The third kappa shape index (κ3) is 6.98. The summed E-state index contributed by atoms with van der Waals surface area (Å²) in [4.78, 5) is 11.1. The maximum atomic E-state index is 11.1. The van der Waals surface area contributed by atoms with Crippen molar-refractivity contribution in [1.82, 2.24) is 5.32 Å². The van der Waals surface area contributed by atoms with Crippen LogP contribution in [-0.2, 0) is 4.79 Å². The third-order valence-electron chi connectivity index (χ3n) is 1.48. The molecule has 0 aromatic carbocycles. The van der Waals surface area contributed by atoms with Crippen molar-refractivity contribution in [1.29, 1.82) is 0 Å². The van der Waals surface area contributed by atoms with Gasteiger partial charge in [0.05, 0.1) is 0 Å². The Morgan fingerprint density at radius 3 is 2.83 bits per heavy atom. The molecule has 0 aliphatic carbocycles. The highest BCUT2D eigenvalue weighted by molar-refractivity contribution is 9.09. The van der Waals surface area contributed by atoms with Crippen molar-refractivity contribution in [2.45, 2.75) is 25.8 Å². The van der Waals surface area contributed by atoms with Crippen molar-refractivity contribution in [3.05, 3.63) is 0 Å². The molecular weight excluding hydrogens is 238 g/mol. The molecule has 1 amide bonds. The Balaban J connectivity index is 3.40. The molecule has 0 fully saturated rings. The van der Waals surface area contributed by atoms with Crippen LogP contribution in [0.15, 0.2) is 0 Å². The van der Waals surface area contributed by atoms with Gasteiger partial charge in [0.15, 0.2) is 0 Å². The van der Waals surface area contributed by atoms with Gasteiger partial charge in [0, 0.05) is 23.5 Å². The summed E-state index contributed by atoms with van der Waals surface area (Å²) in [5.41, 5.74) is 0. The van der Waals surface area contributed by atoms with Gasteiger partial charge in [0.1, 0.15) is 0 Å². The zero-order valence-corrected chi connectivity index (χ0v) is 10.0. The van der Waals surface area contributed by atoms with Crippen LogP contribution in [0.1, 0.15) is 19.8 Å². The van der Waals surface area contributed by atoms with E-state index in [1.165, 1.54) is 0 Å². The molecule has 0 radical (unpaired) electrons. The standard InChI is InChI=1S/C8H16BrNOS/c1-7(3-5-9)10-8(11)4-6-12-2/h7H,3-6H2,1-2H3,(H,10,11). The first-order valence-electron chi connectivity index (χ1n) is 4.05. The zero-order valence-electron chi connectivity index (χ0n) is 7.60. The van der Waals surface area contributed by atoms with Crippen molar-refractivity contribution in [3.8, 4) is 0 Å². The number of nitrogens with one attached hydrogen (secondary N) is 1. The summed E-state index contributed by atoms with van der Waals surface area (Å²) in [5.74, 6) is 1.07. The van der Waals surface area contributed by atoms with Gasteiger partial charge in [-0.25, -0.2) is 0 Å². The third-order valence-corrected chi connectivity index (χ3v) is 2.55. The lowest BCUT2D eigenvalue weighted by atomic mass is 10.2. The Kier molecular flexibility index (Phi) is 8.12. The van der Waals surface area contributed by atoms with Crippen LogP contribution in [-0.4, -0.2) is 29.3 Å². The number of hydrogen-bond donors (Lipinski definition) is 1. The van der Waals surface area contributed by atoms with Crippen LogP contribution in [0.4, 0.5) is 0 Å². The molecule has 0 spiro atoms. The normalized spacial score (nSPS) is 12.6. The second-order valence-electron chi connectivity index (χ2n) is 2.69. The number of hydrogen-bond acceptors (Lipinski definition) is 2. The summed E-state index contributed by atoms with van der Waals surface area (Å²) in [6, 6.07) is 0.290. The first-order valence-corrected chi connectivity index (χ1v) is 6.56. The van der Waals surface area contributed by atoms with Crippen LogP contribution in [0.5, 0.6) is 0 Å². The highest BCUT2D eigenvalue weighted by Crippen LogP contribution is 1.98. The number of carbonyl (C=O) groups is 1. The van der Waals surface area contributed by atoms with Gasteiger partial charge in [-0.3, -0.25) is 4.79 Å².